The number of likely N-dealkylation sites (N-methyl/N-ethyl adjacent to an activating group) is 1. The van der Waals surface area contributed by atoms with Gasteiger partial charge >= 0.3 is 0 Å². The number of rotatable bonds is 6. The fourth-order valence-electron chi connectivity index (χ4n) is 1.95. The van der Waals surface area contributed by atoms with Gasteiger partial charge < -0.3 is 25.0 Å². The van der Waals surface area contributed by atoms with Crippen LogP contribution in [0.5, 0.6) is 11.5 Å². The number of aromatic nitrogens is 3. The third-order valence-corrected chi connectivity index (χ3v) is 3.05. The Morgan fingerprint density at radius 1 is 1.23 bits per heavy atom. The van der Waals surface area contributed by atoms with Crippen LogP contribution in [-0.2, 0) is 0 Å². The largest absolute Gasteiger partial charge is 0.454 e. The first kappa shape index (κ1) is 14.3. The molecular formula is C14H18N6O2. The molecule has 8 heteroatoms. The maximum atomic E-state index is 5.35. The van der Waals surface area contributed by atoms with Crippen molar-refractivity contribution < 1.29 is 9.47 Å². The summed E-state index contributed by atoms with van der Waals surface area (Å²) >= 11 is 0. The van der Waals surface area contributed by atoms with Gasteiger partial charge in [0.1, 0.15) is 0 Å². The van der Waals surface area contributed by atoms with Gasteiger partial charge in [0.05, 0.1) is 6.20 Å². The van der Waals surface area contributed by atoms with E-state index in [0.717, 1.165) is 30.3 Å². The summed E-state index contributed by atoms with van der Waals surface area (Å²) in [6, 6.07) is 5.62. The molecule has 2 N–H and O–H groups in total. The average Bonchev–Trinajstić information content (AvgIpc) is 2.95. The maximum Gasteiger partial charge on any atom is 0.244 e. The van der Waals surface area contributed by atoms with Crippen molar-refractivity contribution in [2.45, 2.75) is 0 Å². The molecule has 0 fully saturated rings. The highest BCUT2D eigenvalue weighted by molar-refractivity contribution is 5.61. The molecule has 8 nitrogen and oxygen atoms in total. The van der Waals surface area contributed by atoms with Crippen molar-refractivity contribution in [1.82, 2.24) is 20.1 Å². The molecule has 0 bridgehead atoms. The van der Waals surface area contributed by atoms with E-state index < -0.39 is 0 Å². The van der Waals surface area contributed by atoms with E-state index in [1.54, 1.807) is 6.20 Å². The lowest BCUT2D eigenvalue weighted by atomic mass is 10.3. The third-order valence-electron chi connectivity index (χ3n) is 3.05. The zero-order valence-corrected chi connectivity index (χ0v) is 12.5. The Hall–Kier alpha value is -2.61. The minimum Gasteiger partial charge on any atom is -0.454 e. The lowest BCUT2D eigenvalue weighted by Crippen LogP contribution is -2.21. The van der Waals surface area contributed by atoms with Gasteiger partial charge in [0.15, 0.2) is 17.3 Å². The van der Waals surface area contributed by atoms with Gasteiger partial charge in [-0.1, -0.05) is 0 Å². The molecule has 1 aromatic heterocycles. The zero-order chi connectivity index (χ0) is 15.4. The number of anilines is 3. The first-order valence-electron chi connectivity index (χ1n) is 6.96. The van der Waals surface area contributed by atoms with Crippen molar-refractivity contribution in [2.24, 2.45) is 0 Å². The fraction of sp³-hybridized carbons (Fsp3) is 0.357. The van der Waals surface area contributed by atoms with E-state index in [0.29, 0.717) is 11.8 Å². The van der Waals surface area contributed by atoms with Crippen molar-refractivity contribution in [3.05, 3.63) is 24.4 Å². The zero-order valence-electron chi connectivity index (χ0n) is 12.5. The van der Waals surface area contributed by atoms with Crippen molar-refractivity contribution >= 4 is 17.5 Å². The molecule has 22 heavy (non-hydrogen) atoms. The Labute approximate surface area is 128 Å². The van der Waals surface area contributed by atoms with Gasteiger partial charge in [-0.3, -0.25) is 0 Å². The van der Waals surface area contributed by atoms with E-state index in [-0.39, 0.29) is 6.79 Å². The Morgan fingerprint density at radius 3 is 2.95 bits per heavy atom. The summed E-state index contributed by atoms with van der Waals surface area (Å²) in [7, 11) is 4.02. The molecule has 1 aliphatic heterocycles. The van der Waals surface area contributed by atoms with Crippen molar-refractivity contribution in [2.75, 3.05) is 44.6 Å². The molecule has 2 heterocycles. The predicted molar refractivity (Wildman–Crippen MR) is 82.7 cm³/mol. The van der Waals surface area contributed by atoms with E-state index in [9.17, 15) is 0 Å². The van der Waals surface area contributed by atoms with Gasteiger partial charge in [-0.2, -0.15) is 10.1 Å². The predicted octanol–water partition coefficient (Wildman–Crippen LogP) is 1.32. The molecule has 0 radical (unpaired) electrons. The van der Waals surface area contributed by atoms with Crippen LogP contribution in [0, 0.1) is 0 Å². The van der Waals surface area contributed by atoms with E-state index in [4.69, 9.17) is 9.47 Å². The first-order chi connectivity index (χ1) is 10.7. The second kappa shape index (κ2) is 6.44. The molecule has 1 aliphatic rings. The molecule has 2 aromatic rings. The monoisotopic (exact) mass is 302 g/mol. The van der Waals surface area contributed by atoms with Gasteiger partial charge in [0.25, 0.3) is 0 Å². The van der Waals surface area contributed by atoms with Crippen LogP contribution in [0.2, 0.25) is 0 Å². The summed E-state index contributed by atoms with van der Waals surface area (Å²) < 4.78 is 10.6. The highest BCUT2D eigenvalue weighted by atomic mass is 16.7. The number of fused-ring (bicyclic) bond motifs is 1. The maximum absolute atomic E-state index is 5.35. The van der Waals surface area contributed by atoms with Gasteiger partial charge in [-0.05, 0) is 26.2 Å². The van der Waals surface area contributed by atoms with E-state index in [2.05, 4.69) is 30.7 Å². The van der Waals surface area contributed by atoms with Crippen LogP contribution in [0.3, 0.4) is 0 Å². The summed E-state index contributed by atoms with van der Waals surface area (Å²) in [4.78, 5) is 6.45. The summed E-state index contributed by atoms with van der Waals surface area (Å²) in [5, 5.41) is 14.2. The molecule has 0 saturated heterocycles. The number of benzene rings is 1. The topological polar surface area (TPSA) is 84.4 Å². The SMILES string of the molecule is CN(C)CCNc1nncc(Nc2ccc3c(c2)OCO3)n1. The highest BCUT2D eigenvalue weighted by Gasteiger charge is 2.13. The summed E-state index contributed by atoms with van der Waals surface area (Å²) in [6.45, 7) is 1.90. The second-order valence-electron chi connectivity index (χ2n) is 5.09. The van der Waals surface area contributed by atoms with Crippen molar-refractivity contribution in [3.8, 4) is 11.5 Å². The summed E-state index contributed by atoms with van der Waals surface area (Å²) in [5.74, 6) is 2.57. The molecule has 1 aromatic carbocycles. The molecule has 116 valence electrons. The molecule has 0 saturated carbocycles. The standard InChI is InChI=1S/C14H18N6O2/c1-20(2)6-5-15-14-18-13(8-16-19-14)17-10-3-4-11-12(7-10)22-9-21-11/h3-4,7-8H,5-6,9H2,1-2H3,(H2,15,17,18,19). The Morgan fingerprint density at radius 2 is 2.09 bits per heavy atom. The summed E-state index contributed by atoms with van der Waals surface area (Å²) in [5.41, 5.74) is 0.851. The van der Waals surface area contributed by atoms with Crippen molar-refractivity contribution in [3.63, 3.8) is 0 Å². The lowest BCUT2D eigenvalue weighted by Gasteiger charge is -2.11. The first-order valence-corrected chi connectivity index (χ1v) is 6.96. The average molecular weight is 302 g/mol. The molecule has 0 amide bonds. The molecule has 0 atom stereocenters. The van der Waals surface area contributed by atoms with E-state index in [1.165, 1.54) is 0 Å². The molecule has 0 aliphatic carbocycles. The molecular weight excluding hydrogens is 284 g/mol. The van der Waals surface area contributed by atoms with E-state index in [1.807, 2.05) is 32.3 Å². The Kier molecular flexibility index (Phi) is 4.19. The second-order valence-corrected chi connectivity index (χ2v) is 5.09. The Bertz CT molecular complexity index is 649. The van der Waals surface area contributed by atoms with Crippen LogP contribution in [0.1, 0.15) is 0 Å². The third kappa shape index (κ3) is 3.53. The highest BCUT2D eigenvalue weighted by Crippen LogP contribution is 2.34. The quantitative estimate of drug-likeness (QED) is 0.826. The fourth-order valence-corrected chi connectivity index (χ4v) is 1.95. The molecule has 0 spiro atoms. The number of nitrogens with zero attached hydrogens (tertiary/aromatic N) is 4. The number of hydrogen-bond donors (Lipinski definition) is 2. The molecule has 0 unspecified atom stereocenters. The van der Waals surface area contributed by atoms with Gasteiger partial charge in [0.2, 0.25) is 12.7 Å². The summed E-state index contributed by atoms with van der Waals surface area (Å²) in [6.07, 6.45) is 1.57. The number of hydrogen-bond acceptors (Lipinski definition) is 8. The van der Waals surface area contributed by atoms with Crippen molar-refractivity contribution in [1.29, 1.82) is 0 Å². The smallest absolute Gasteiger partial charge is 0.244 e. The van der Waals surface area contributed by atoms with Crippen LogP contribution >= 0.6 is 0 Å². The number of ether oxygens (including phenoxy) is 2. The minimum absolute atomic E-state index is 0.258. The van der Waals surface area contributed by atoms with Crippen LogP contribution in [0.25, 0.3) is 0 Å². The van der Waals surface area contributed by atoms with Gasteiger partial charge in [0, 0.05) is 24.8 Å². The van der Waals surface area contributed by atoms with Crippen LogP contribution in [0.4, 0.5) is 17.5 Å². The van der Waals surface area contributed by atoms with Gasteiger partial charge in [-0.15, -0.1) is 5.10 Å². The van der Waals surface area contributed by atoms with Crippen LogP contribution < -0.4 is 20.1 Å². The normalized spacial score (nSPS) is 12.5. The Balaban J connectivity index is 1.65. The van der Waals surface area contributed by atoms with Gasteiger partial charge in [-0.25, -0.2) is 0 Å². The number of nitrogens with one attached hydrogen (secondary N) is 2. The minimum atomic E-state index is 0.258. The molecule has 3 rings (SSSR count). The van der Waals surface area contributed by atoms with E-state index >= 15 is 0 Å². The van der Waals surface area contributed by atoms with Crippen LogP contribution in [0.15, 0.2) is 24.4 Å². The lowest BCUT2D eigenvalue weighted by molar-refractivity contribution is 0.174. The van der Waals surface area contributed by atoms with Crippen LogP contribution in [-0.4, -0.2) is 54.1 Å².